The van der Waals surface area contributed by atoms with Crippen LogP contribution in [0.25, 0.3) is 0 Å². The molecule has 0 radical (unpaired) electrons. The summed E-state index contributed by atoms with van der Waals surface area (Å²) in [6.45, 7) is 5.59. The molecule has 0 bridgehead atoms. The number of rotatable bonds is 8. The second kappa shape index (κ2) is 7.05. The van der Waals surface area contributed by atoms with Crippen molar-refractivity contribution in [3.63, 3.8) is 0 Å². The van der Waals surface area contributed by atoms with E-state index in [1.54, 1.807) is 7.11 Å². The van der Waals surface area contributed by atoms with E-state index in [2.05, 4.69) is 11.8 Å². The minimum atomic E-state index is 0.162. The first kappa shape index (κ1) is 15.3. The van der Waals surface area contributed by atoms with Crippen LogP contribution in [0.15, 0.2) is 0 Å². The van der Waals surface area contributed by atoms with Gasteiger partial charge in [0.05, 0.1) is 6.61 Å². The van der Waals surface area contributed by atoms with Gasteiger partial charge in [-0.2, -0.15) is 0 Å². The van der Waals surface area contributed by atoms with Gasteiger partial charge in [0.1, 0.15) is 0 Å². The summed E-state index contributed by atoms with van der Waals surface area (Å²) in [6.07, 6.45) is 9.09. The number of hydrogen-bond acceptors (Lipinski definition) is 3. The first-order valence-electron chi connectivity index (χ1n) is 8.05. The molecule has 0 aliphatic heterocycles. The van der Waals surface area contributed by atoms with Crippen molar-refractivity contribution in [2.45, 2.75) is 57.9 Å². The Hall–Kier alpha value is -0.120. The number of methoxy groups -OCH3 is 1. The summed E-state index contributed by atoms with van der Waals surface area (Å²) in [7, 11) is 1.78. The minimum absolute atomic E-state index is 0.162. The first-order chi connectivity index (χ1) is 9.21. The van der Waals surface area contributed by atoms with Crippen molar-refractivity contribution in [2.24, 2.45) is 11.3 Å². The van der Waals surface area contributed by atoms with Crippen molar-refractivity contribution < 1.29 is 9.84 Å². The highest BCUT2D eigenvalue weighted by Gasteiger charge is 2.38. The molecule has 1 atom stereocenters. The Balaban J connectivity index is 1.95. The number of aliphatic hydroxyl groups excluding tert-OH is 1. The molecule has 3 nitrogen and oxygen atoms in total. The lowest BCUT2D eigenvalue weighted by atomic mass is 9.74. The predicted molar refractivity (Wildman–Crippen MR) is 78.2 cm³/mol. The van der Waals surface area contributed by atoms with Crippen LogP contribution in [0.4, 0.5) is 0 Å². The van der Waals surface area contributed by atoms with E-state index >= 15 is 0 Å². The van der Waals surface area contributed by atoms with Crippen LogP contribution < -0.4 is 0 Å². The normalized spacial score (nSPS) is 24.6. The van der Waals surface area contributed by atoms with Gasteiger partial charge in [0.25, 0.3) is 0 Å². The second-order valence-electron chi connectivity index (χ2n) is 6.76. The van der Waals surface area contributed by atoms with Crippen LogP contribution in [0.3, 0.4) is 0 Å². The lowest BCUT2D eigenvalue weighted by Gasteiger charge is -2.42. The Kier molecular flexibility index (Phi) is 5.67. The Morgan fingerprint density at radius 1 is 1.26 bits per heavy atom. The van der Waals surface area contributed by atoms with Gasteiger partial charge >= 0.3 is 0 Å². The van der Waals surface area contributed by atoms with Crippen LogP contribution in [0.1, 0.15) is 51.9 Å². The van der Waals surface area contributed by atoms with Crippen molar-refractivity contribution in [3.8, 4) is 0 Å². The van der Waals surface area contributed by atoms with E-state index in [-0.39, 0.29) is 5.41 Å². The average molecular weight is 269 g/mol. The number of ether oxygens (including phenoxy) is 1. The zero-order valence-corrected chi connectivity index (χ0v) is 12.7. The summed E-state index contributed by atoms with van der Waals surface area (Å²) in [6, 6.07) is 0.653. The summed E-state index contributed by atoms with van der Waals surface area (Å²) in [4.78, 5) is 2.59. The van der Waals surface area contributed by atoms with Crippen molar-refractivity contribution in [3.05, 3.63) is 0 Å². The van der Waals surface area contributed by atoms with Gasteiger partial charge < -0.3 is 9.84 Å². The van der Waals surface area contributed by atoms with E-state index in [1.807, 2.05) is 0 Å². The van der Waals surface area contributed by atoms with Crippen LogP contribution in [0.2, 0.25) is 0 Å². The summed E-state index contributed by atoms with van der Waals surface area (Å²) in [5, 5.41) is 9.89. The molecule has 1 N–H and O–H groups in total. The Morgan fingerprint density at radius 3 is 2.47 bits per heavy atom. The quantitative estimate of drug-likeness (QED) is 0.735. The average Bonchev–Trinajstić information content (AvgIpc) is 3.28. The monoisotopic (exact) mass is 269 g/mol. The Morgan fingerprint density at radius 2 is 1.95 bits per heavy atom. The fourth-order valence-electron chi connectivity index (χ4n) is 3.61. The second-order valence-corrected chi connectivity index (χ2v) is 6.76. The lowest BCUT2D eigenvalue weighted by molar-refractivity contribution is 0.0140. The third kappa shape index (κ3) is 4.17. The van der Waals surface area contributed by atoms with E-state index in [0.717, 1.165) is 25.6 Å². The summed E-state index contributed by atoms with van der Waals surface area (Å²) in [5.41, 5.74) is 0.162. The minimum Gasteiger partial charge on any atom is -0.396 e. The van der Waals surface area contributed by atoms with Crippen LogP contribution in [-0.2, 0) is 4.74 Å². The van der Waals surface area contributed by atoms with Gasteiger partial charge in [-0.05, 0) is 38.5 Å². The molecule has 2 aliphatic rings. The summed E-state index contributed by atoms with van der Waals surface area (Å²) < 4.78 is 5.27. The van der Waals surface area contributed by atoms with E-state index < -0.39 is 0 Å². The van der Waals surface area contributed by atoms with E-state index in [0.29, 0.717) is 12.6 Å². The van der Waals surface area contributed by atoms with Crippen molar-refractivity contribution >= 4 is 0 Å². The summed E-state index contributed by atoms with van der Waals surface area (Å²) in [5.74, 6) is 0.885. The maximum Gasteiger partial charge on any atom is 0.0589 e. The van der Waals surface area contributed by atoms with Crippen LogP contribution in [0, 0.1) is 11.3 Å². The number of nitrogens with zero attached hydrogens (tertiary/aromatic N) is 1. The zero-order valence-electron chi connectivity index (χ0n) is 12.7. The van der Waals surface area contributed by atoms with Gasteiger partial charge in [-0.15, -0.1) is 0 Å². The first-order valence-corrected chi connectivity index (χ1v) is 8.05. The number of aliphatic hydroxyl groups is 1. The van der Waals surface area contributed by atoms with Gasteiger partial charge in [0.2, 0.25) is 0 Å². The molecule has 2 fully saturated rings. The van der Waals surface area contributed by atoms with Crippen molar-refractivity contribution in [2.75, 3.05) is 33.4 Å². The van der Waals surface area contributed by atoms with Crippen LogP contribution in [-0.4, -0.2) is 49.5 Å². The molecule has 0 amide bonds. The molecular weight excluding hydrogens is 238 g/mol. The SMILES string of the molecule is COCCN(CC1(CO)CCCCC1)C(C)C1CC1. The molecular formula is C16H31NO2. The maximum atomic E-state index is 9.89. The Labute approximate surface area is 118 Å². The van der Waals surface area contributed by atoms with E-state index in [4.69, 9.17) is 4.74 Å². The fraction of sp³-hybridized carbons (Fsp3) is 1.00. The Bertz CT molecular complexity index is 259. The van der Waals surface area contributed by atoms with Crippen LogP contribution >= 0.6 is 0 Å². The fourth-order valence-corrected chi connectivity index (χ4v) is 3.61. The molecule has 2 aliphatic carbocycles. The van der Waals surface area contributed by atoms with Gasteiger partial charge in [0.15, 0.2) is 0 Å². The highest BCUT2D eigenvalue weighted by atomic mass is 16.5. The molecule has 0 saturated heterocycles. The maximum absolute atomic E-state index is 9.89. The van der Waals surface area contributed by atoms with Gasteiger partial charge in [0, 0.05) is 38.3 Å². The molecule has 0 aromatic rings. The third-order valence-corrected chi connectivity index (χ3v) is 5.25. The molecule has 2 rings (SSSR count). The smallest absolute Gasteiger partial charge is 0.0589 e. The van der Waals surface area contributed by atoms with Gasteiger partial charge in [-0.1, -0.05) is 19.3 Å². The highest BCUT2D eigenvalue weighted by molar-refractivity contribution is 4.91. The van der Waals surface area contributed by atoms with Gasteiger partial charge in [-0.3, -0.25) is 4.90 Å². The molecule has 2 saturated carbocycles. The third-order valence-electron chi connectivity index (χ3n) is 5.25. The number of hydrogen-bond donors (Lipinski definition) is 1. The van der Waals surface area contributed by atoms with E-state index in [1.165, 1.54) is 44.9 Å². The largest absolute Gasteiger partial charge is 0.396 e. The zero-order chi connectivity index (χ0) is 13.7. The van der Waals surface area contributed by atoms with Gasteiger partial charge in [-0.25, -0.2) is 0 Å². The molecule has 0 heterocycles. The molecule has 0 aromatic heterocycles. The molecule has 0 spiro atoms. The molecule has 3 heteroatoms. The molecule has 112 valence electrons. The predicted octanol–water partition coefficient (Wildman–Crippen LogP) is 2.68. The standard InChI is InChI=1S/C16H31NO2/c1-14(15-6-7-15)17(10-11-19-2)12-16(13-18)8-4-3-5-9-16/h14-15,18H,3-13H2,1-2H3. The lowest BCUT2D eigenvalue weighted by Crippen LogP contribution is -2.47. The highest BCUT2D eigenvalue weighted by Crippen LogP contribution is 2.40. The molecule has 1 unspecified atom stereocenters. The van der Waals surface area contributed by atoms with Crippen molar-refractivity contribution in [1.29, 1.82) is 0 Å². The topological polar surface area (TPSA) is 32.7 Å². The van der Waals surface area contributed by atoms with Crippen LogP contribution in [0.5, 0.6) is 0 Å². The summed E-state index contributed by atoms with van der Waals surface area (Å²) >= 11 is 0. The van der Waals surface area contributed by atoms with E-state index in [9.17, 15) is 5.11 Å². The molecule has 19 heavy (non-hydrogen) atoms. The molecule has 0 aromatic carbocycles. The van der Waals surface area contributed by atoms with Crippen molar-refractivity contribution in [1.82, 2.24) is 4.90 Å².